The number of aromatic nitrogens is 4. The van der Waals surface area contributed by atoms with Crippen molar-refractivity contribution in [1.29, 1.82) is 0 Å². The van der Waals surface area contributed by atoms with E-state index in [-0.39, 0.29) is 0 Å². The molecule has 21 heavy (non-hydrogen) atoms. The molecule has 0 aromatic carbocycles. The van der Waals surface area contributed by atoms with E-state index in [0.717, 1.165) is 31.0 Å². The summed E-state index contributed by atoms with van der Waals surface area (Å²) in [6, 6.07) is 0.650. The van der Waals surface area contributed by atoms with Gasteiger partial charge in [-0.3, -0.25) is 4.90 Å². The number of rotatable bonds is 1. The summed E-state index contributed by atoms with van der Waals surface area (Å²) < 4.78 is 1.82. The third-order valence-electron chi connectivity index (χ3n) is 4.71. The number of hydrogen-bond donors (Lipinski definition) is 0. The van der Waals surface area contributed by atoms with Crippen LogP contribution < -0.4 is 4.90 Å². The Morgan fingerprint density at radius 2 is 2.14 bits per heavy atom. The van der Waals surface area contributed by atoms with Gasteiger partial charge in [-0.1, -0.05) is 18.0 Å². The zero-order valence-electron chi connectivity index (χ0n) is 12.2. The molecule has 0 spiro atoms. The highest BCUT2D eigenvalue weighted by Crippen LogP contribution is 2.29. The molecule has 2 aromatic rings. The summed E-state index contributed by atoms with van der Waals surface area (Å²) in [5.41, 5.74) is 0.985. The van der Waals surface area contributed by atoms with Gasteiger partial charge in [0.25, 0.3) is 5.78 Å². The Morgan fingerprint density at radius 1 is 1.24 bits per heavy atom. The molecule has 0 N–H and O–H groups in total. The molecule has 2 saturated heterocycles. The second kappa shape index (κ2) is 5.10. The molecule has 4 rings (SSSR count). The molecule has 2 aliphatic heterocycles. The van der Waals surface area contributed by atoms with Crippen LogP contribution >= 0.6 is 11.6 Å². The highest BCUT2D eigenvalue weighted by atomic mass is 35.5. The van der Waals surface area contributed by atoms with Crippen LogP contribution in [0.1, 0.15) is 24.8 Å². The molecule has 7 heteroatoms. The Bertz CT molecular complexity index is 669. The van der Waals surface area contributed by atoms with Crippen molar-refractivity contribution < 1.29 is 0 Å². The third kappa shape index (κ3) is 2.17. The number of piperidine rings is 1. The van der Waals surface area contributed by atoms with Crippen molar-refractivity contribution in [2.24, 2.45) is 0 Å². The van der Waals surface area contributed by atoms with Crippen molar-refractivity contribution in [1.82, 2.24) is 24.5 Å². The smallest absolute Gasteiger partial charge is 0.255 e. The van der Waals surface area contributed by atoms with Gasteiger partial charge in [0.1, 0.15) is 17.3 Å². The SMILES string of the molecule is Cc1c(Cl)nc2ncnn2c1N1CCN2CCCCC2C1. The maximum atomic E-state index is 6.28. The van der Waals surface area contributed by atoms with Gasteiger partial charge >= 0.3 is 0 Å². The standard InChI is InChI=1S/C14H19ClN6/c1-10-12(15)18-14-16-9-17-21(14)13(10)20-7-6-19-5-3-2-4-11(19)8-20/h9,11H,2-8H2,1H3. The summed E-state index contributed by atoms with van der Waals surface area (Å²) in [4.78, 5) is 13.5. The molecule has 1 unspecified atom stereocenters. The van der Waals surface area contributed by atoms with Crippen LogP contribution in [0.25, 0.3) is 5.78 Å². The minimum Gasteiger partial charge on any atom is -0.353 e. The number of piperazine rings is 1. The molecule has 2 fully saturated rings. The molecule has 0 aliphatic carbocycles. The molecule has 0 bridgehead atoms. The average molecular weight is 307 g/mol. The monoisotopic (exact) mass is 306 g/mol. The van der Waals surface area contributed by atoms with Crippen molar-refractivity contribution in [2.75, 3.05) is 31.1 Å². The summed E-state index contributed by atoms with van der Waals surface area (Å²) in [6.07, 6.45) is 5.50. The number of fused-ring (bicyclic) bond motifs is 2. The van der Waals surface area contributed by atoms with Gasteiger partial charge in [0.2, 0.25) is 0 Å². The minimum atomic E-state index is 0.525. The van der Waals surface area contributed by atoms with Crippen LogP contribution in [0.15, 0.2) is 6.33 Å². The maximum Gasteiger partial charge on any atom is 0.255 e. The van der Waals surface area contributed by atoms with Crippen molar-refractivity contribution in [3.8, 4) is 0 Å². The molecule has 0 amide bonds. The molecular formula is C14H19ClN6. The molecule has 2 aromatic heterocycles. The summed E-state index contributed by atoms with van der Waals surface area (Å²) in [5, 5.41) is 4.85. The Hall–Kier alpha value is -1.40. The third-order valence-corrected chi connectivity index (χ3v) is 5.08. The van der Waals surface area contributed by atoms with E-state index >= 15 is 0 Å². The number of nitrogens with zero attached hydrogens (tertiary/aromatic N) is 6. The maximum absolute atomic E-state index is 6.28. The Balaban J connectivity index is 1.73. The van der Waals surface area contributed by atoms with E-state index in [0.29, 0.717) is 17.0 Å². The quantitative estimate of drug-likeness (QED) is 0.752. The van der Waals surface area contributed by atoms with Gasteiger partial charge < -0.3 is 4.90 Å². The molecular weight excluding hydrogens is 288 g/mol. The van der Waals surface area contributed by atoms with Crippen LogP contribution in [0.3, 0.4) is 0 Å². The van der Waals surface area contributed by atoms with E-state index in [2.05, 4.69) is 24.9 Å². The number of halogens is 1. The van der Waals surface area contributed by atoms with Crippen LogP contribution in [0.2, 0.25) is 5.15 Å². The Kier molecular flexibility index (Phi) is 3.23. The van der Waals surface area contributed by atoms with Crippen molar-refractivity contribution in [2.45, 2.75) is 32.2 Å². The second-order valence-corrected chi connectivity index (χ2v) is 6.31. The van der Waals surface area contributed by atoms with Crippen molar-refractivity contribution in [3.05, 3.63) is 17.0 Å². The molecule has 6 nitrogen and oxygen atoms in total. The fourth-order valence-corrected chi connectivity index (χ4v) is 3.76. The van der Waals surface area contributed by atoms with E-state index in [1.165, 1.54) is 25.8 Å². The fourth-order valence-electron chi connectivity index (χ4n) is 3.60. The van der Waals surface area contributed by atoms with Crippen molar-refractivity contribution in [3.63, 3.8) is 0 Å². The van der Waals surface area contributed by atoms with E-state index in [1.54, 1.807) is 6.33 Å². The first-order valence-corrected chi connectivity index (χ1v) is 7.96. The zero-order valence-corrected chi connectivity index (χ0v) is 12.9. The predicted molar refractivity (Wildman–Crippen MR) is 82.0 cm³/mol. The highest BCUT2D eigenvalue weighted by Gasteiger charge is 2.31. The lowest BCUT2D eigenvalue weighted by Gasteiger charge is -2.45. The average Bonchev–Trinajstić information content (AvgIpc) is 2.95. The molecule has 0 radical (unpaired) electrons. The molecule has 1 atom stereocenters. The summed E-state index contributed by atoms with van der Waals surface area (Å²) in [7, 11) is 0. The Morgan fingerprint density at radius 3 is 3.05 bits per heavy atom. The van der Waals surface area contributed by atoms with Gasteiger partial charge in [-0.2, -0.15) is 19.6 Å². The van der Waals surface area contributed by atoms with Gasteiger partial charge in [0.15, 0.2) is 0 Å². The van der Waals surface area contributed by atoms with Gasteiger partial charge in [-0.05, 0) is 26.3 Å². The van der Waals surface area contributed by atoms with Gasteiger partial charge in [-0.15, -0.1) is 0 Å². The minimum absolute atomic E-state index is 0.525. The van der Waals surface area contributed by atoms with E-state index in [4.69, 9.17) is 11.6 Å². The Labute approximate surface area is 128 Å². The van der Waals surface area contributed by atoms with Crippen LogP contribution in [0.5, 0.6) is 0 Å². The molecule has 0 saturated carbocycles. The summed E-state index contributed by atoms with van der Waals surface area (Å²) in [5.74, 6) is 1.62. The lowest BCUT2D eigenvalue weighted by Crippen LogP contribution is -2.55. The zero-order chi connectivity index (χ0) is 14.4. The fraction of sp³-hybridized carbons (Fsp3) is 0.643. The number of hydrogen-bond acceptors (Lipinski definition) is 5. The van der Waals surface area contributed by atoms with E-state index < -0.39 is 0 Å². The lowest BCUT2D eigenvalue weighted by molar-refractivity contribution is 0.133. The highest BCUT2D eigenvalue weighted by molar-refractivity contribution is 6.30. The lowest BCUT2D eigenvalue weighted by atomic mass is 9.99. The van der Waals surface area contributed by atoms with Crippen LogP contribution in [0, 0.1) is 6.92 Å². The normalized spacial score (nSPS) is 23.5. The first kappa shape index (κ1) is 13.3. The summed E-state index contributed by atoms with van der Waals surface area (Å²) >= 11 is 6.28. The van der Waals surface area contributed by atoms with Crippen LogP contribution in [-0.2, 0) is 0 Å². The van der Waals surface area contributed by atoms with Gasteiger partial charge in [0.05, 0.1) is 0 Å². The first-order valence-electron chi connectivity index (χ1n) is 7.59. The van der Waals surface area contributed by atoms with Gasteiger partial charge in [-0.25, -0.2) is 0 Å². The van der Waals surface area contributed by atoms with Gasteiger partial charge in [0, 0.05) is 31.2 Å². The van der Waals surface area contributed by atoms with Crippen LogP contribution in [-0.4, -0.2) is 56.7 Å². The van der Waals surface area contributed by atoms with Crippen LogP contribution in [0.4, 0.5) is 5.82 Å². The second-order valence-electron chi connectivity index (χ2n) is 5.95. The van der Waals surface area contributed by atoms with Crippen molar-refractivity contribution >= 4 is 23.2 Å². The number of anilines is 1. The largest absolute Gasteiger partial charge is 0.353 e. The first-order chi connectivity index (χ1) is 10.2. The summed E-state index contributed by atoms with van der Waals surface area (Å²) in [6.45, 7) is 6.41. The van der Waals surface area contributed by atoms with E-state index in [9.17, 15) is 0 Å². The predicted octanol–water partition coefficient (Wildman–Crippen LogP) is 1.76. The molecule has 112 valence electrons. The molecule has 4 heterocycles. The molecule has 2 aliphatic rings. The topological polar surface area (TPSA) is 49.6 Å². The van der Waals surface area contributed by atoms with E-state index in [1.807, 2.05) is 11.4 Å².